The van der Waals surface area contributed by atoms with E-state index in [1.54, 1.807) is 15.0 Å². The molecule has 1 rings (SSSR count). The molecule has 1 aliphatic rings. The molecule has 0 bridgehead atoms. The summed E-state index contributed by atoms with van der Waals surface area (Å²) in [6.07, 6.45) is 2.19. The van der Waals surface area contributed by atoms with Crippen molar-refractivity contribution < 1.29 is 4.57 Å². The summed E-state index contributed by atoms with van der Waals surface area (Å²) in [7, 11) is 3.61. The molecule has 1 nitrogen and oxygen atoms in total. The topological polar surface area (TPSA) is 9.23 Å². The van der Waals surface area contributed by atoms with Gasteiger partial charge in [0.1, 0.15) is 0 Å². The Morgan fingerprint density at radius 3 is 2.00 bits per heavy atom. The molecule has 2 radical (unpaired) electrons. The molecular formula is C2H4B2O. The molecule has 0 saturated carbocycles. The van der Waals surface area contributed by atoms with Crippen LogP contribution in [0.25, 0.3) is 0 Å². The van der Waals surface area contributed by atoms with Crippen molar-refractivity contribution in [1.29, 1.82) is 0 Å². The maximum Gasteiger partial charge on any atom is 0.272 e. The Balaban J connectivity index is 2.08. The first-order valence-corrected chi connectivity index (χ1v) is 1.79. The normalized spacial score (nSPS) is 20.8. The van der Waals surface area contributed by atoms with Gasteiger partial charge in [-0.25, -0.2) is 0 Å². The smallest absolute Gasteiger partial charge is 0.272 e. The molecule has 5 heavy (non-hydrogen) atoms. The minimum atomic E-state index is 1.10. The van der Waals surface area contributed by atoms with E-state index in [9.17, 15) is 0 Å². The third-order valence-corrected chi connectivity index (χ3v) is 0.595. The summed E-state index contributed by atoms with van der Waals surface area (Å²) >= 11 is 0. The van der Waals surface area contributed by atoms with Crippen molar-refractivity contribution in [3.05, 3.63) is 0 Å². The predicted molar refractivity (Wildman–Crippen MR) is 22.2 cm³/mol. The Morgan fingerprint density at radius 1 is 1.20 bits per heavy atom. The first-order valence-electron chi connectivity index (χ1n) is 1.79. The van der Waals surface area contributed by atoms with E-state index < -0.39 is 0 Å². The number of hydrogen-bond acceptors (Lipinski definition) is 1. The quantitative estimate of drug-likeness (QED) is 0.364. The molecule has 1 saturated heterocycles. The van der Waals surface area contributed by atoms with Gasteiger partial charge in [-0.2, -0.15) is 0 Å². The second kappa shape index (κ2) is 1.51. The van der Waals surface area contributed by atoms with Gasteiger partial charge in [0.05, 0.1) is 0 Å². The van der Waals surface area contributed by atoms with Crippen LogP contribution < -0.4 is 0 Å². The van der Waals surface area contributed by atoms with Crippen LogP contribution in [0.4, 0.5) is 0 Å². The largest absolute Gasteiger partial charge is 0.506 e. The lowest BCUT2D eigenvalue weighted by atomic mass is 9.91. The fraction of sp³-hybridized carbons (Fsp3) is 1.00. The van der Waals surface area contributed by atoms with E-state index in [0.717, 1.165) is 12.6 Å². The highest BCUT2D eigenvalue weighted by atomic mass is 16.4. The van der Waals surface area contributed by atoms with Crippen LogP contribution in [0.2, 0.25) is 12.6 Å². The molecule has 0 aromatic carbocycles. The van der Waals surface area contributed by atoms with Crippen LogP contribution in [0, 0.1) is 0 Å². The third kappa shape index (κ3) is 0.690. The van der Waals surface area contributed by atoms with Gasteiger partial charge in [-0.05, 0) is 0 Å². The van der Waals surface area contributed by atoms with Crippen molar-refractivity contribution >= 4 is 15.0 Å². The molecule has 3 heteroatoms. The summed E-state index contributed by atoms with van der Waals surface area (Å²) in [5, 5.41) is 0. The van der Waals surface area contributed by atoms with E-state index in [4.69, 9.17) is 4.57 Å². The highest BCUT2D eigenvalue weighted by Crippen LogP contribution is 1.96. The summed E-state index contributed by atoms with van der Waals surface area (Å²) in [4.78, 5) is 0. The fourth-order valence-electron chi connectivity index (χ4n) is 0.340. The Morgan fingerprint density at radius 2 is 1.80 bits per heavy atom. The molecule has 0 aliphatic carbocycles. The van der Waals surface area contributed by atoms with E-state index in [0.29, 0.717) is 0 Å². The zero-order valence-electron chi connectivity index (χ0n) is 2.98. The lowest BCUT2D eigenvalue weighted by Crippen LogP contribution is -1.84. The van der Waals surface area contributed by atoms with Crippen LogP contribution in [0.5, 0.6) is 0 Å². The molecule has 0 atom stereocenters. The van der Waals surface area contributed by atoms with Gasteiger partial charge in [-0.3, -0.25) is 0 Å². The van der Waals surface area contributed by atoms with Gasteiger partial charge in [0.2, 0.25) is 0 Å². The monoisotopic (exact) mass is 66.0 g/mol. The second-order valence-electron chi connectivity index (χ2n) is 1.05. The van der Waals surface area contributed by atoms with E-state index >= 15 is 0 Å². The summed E-state index contributed by atoms with van der Waals surface area (Å²) < 4.78 is 4.69. The molecule has 24 valence electrons. The van der Waals surface area contributed by atoms with Crippen LogP contribution in [0.15, 0.2) is 0 Å². The van der Waals surface area contributed by atoms with Gasteiger partial charge >= 0.3 is 0 Å². The highest BCUT2D eigenvalue weighted by Gasteiger charge is 2.01. The predicted octanol–water partition coefficient (Wildman–Crippen LogP) is 0.0916. The van der Waals surface area contributed by atoms with Gasteiger partial charge in [0.25, 0.3) is 15.0 Å². The fourth-order valence-corrected chi connectivity index (χ4v) is 0.340. The van der Waals surface area contributed by atoms with E-state index in [2.05, 4.69) is 0 Å². The van der Waals surface area contributed by atoms with Crippen LogP contribution in [-0.2, 0) is 4.57 Å². The zero-order valence-corrected chi connectivity index (χ0v) is 2.98. The molecule has 0 aromatic heterocycles. The molecule has 0 spiro atoms. The van der Waals surface area contributed by atoms with Crippen molar-refractivity contribution in [1.82, 2.24) is 0 Å². The lowest BCUT2D eigenvalue weighted by Gasteiger charge is -1.73. The Labute approximate surface area is 33.3 Å². The summed E-state index contributed by atoms with van der Waals surface area (Å²) in [6.45, 7) is 0. The van der Waals surface area contributed by atoms with Crippen LogP contribution in [-0.4, -0.2) is 15.0 Å². The molecule has 0 unspecified atom stereocenters. The van der Waals surface area contributed by atoms with Gasteiger partial charge < -0.3 is 4.57 Å². The minimum absolute atomic E-state index is 1.10. The van der Waals surface area contributed by atoms with Crippen LogP contribution in [0.3, 0.4) is 0 Å². The van der Waals surface area contributed by atoms with Gasteiger partial charge in [-0.1, -0.05) is 12.6 Å². The molecule has 0 amide bonds. The highest BCUT2D eigenvalue weighted by molar-refractivity contribution is 6.48. The SMILES string of the molecule is [B]1CC[B]O1. The van der Waals surface area contributed by atoms with E-state index in [1.165, 1.54) is 0 Å². The zero-order chi connectivity index (χ0) is 3.54. The first-order chi connectivity index (χ1) is 2.50. The first kappa shape index (κ1) is 3.29. The van der Waals surface area contributed by atoms with Crippen LogP contribution >= 0.6 is 0 Å². The Bertz CT molecular complexity index is 19.2. The van der Waals surface area contributed by atoms with Crippen molar-refractivity contribution in [3.8, 4) is 0 Å². The molecule has 0 aromatic rings. The van der Waals surface area contributed by atoms with Crippen molar-refractivity contribution in [2.24, 2.45) is 0 Å². The molecule has 1 fully saturated rings. The minimum Gasteiger partial charge on any atom is -0.506 e. The number of hydrogen-bond donors (Lipinski definition) is 0. The Kier molecular flexibility index (Phi) is 0.991. The van der Waals surface area contributed by atoms with Gasteiger partial charge in [-0.15, -0.1) is 0 Å². The standard InChI is InChI=1S/C2H4B2O/c1-2-4-5-3-1/h1-2H2. The van der Waals surface area contributed by atoms with Gasteiger partial charge in [0, 0.05) is 0 Å². The molecule has 0 N–H and O–H groups in total. The second-order valence-corrected chi connectivity index (χ2v) is 1.05. The molecule has 1 heterocycles. The average Bonchev–Trinajstić information content (AvgIpc) is 1.76. The van der Waals surface area contributed by atoms with E-state index in [-0.39, 0.29) is 0 Å². The molecular weight excluding hydrogens is 61.6 g/mol. The maximum absolute atomic E-state index is 4.69. The summed E-state index contributed by atoms with van der Waals surface area (Å²) in [5.41, 5.74) is 0. The maximum atomic E-state index is 4.69. The van der Waals surface area contributed by atoms with Gasteiger partial charge in [0.15, 0.2) is 0 Å². The third-order valence-electron chi connectivity index (χ3n) is 0.595. The van der Waals surface area contributed by atoms with Crippen molar-refractivity contribution in [3.63, 3.8) is 0 Å². The Hall–Kier alpha value is 0.0899. The van der Waals surface area contributed by atoms with Crippen molar-refractivity contribution in [2.45, 2.75) is 12.6 Å². The van der Waals surface area contributed by atoms with Crippen molar-refractivity contribution in [2.75, 3.05) is 0 Å². The summed E-state index contributed by atoms with van der Waals surface area (Å²) in [5.74, 6) is 0. The number of rotatable bonds is 0. The average molecular weight is 65.7 g/mol. The lowest BCUT2D eigenvalue weighted by molar-refractivity contribution is 0.665. The molecule has 1 aliphatic heterocycles. The van der Waals surface area contributed by atoms with Crippen LogP contribution in [0.1, 0.15) is 0 Å². The summed E-state index contributed by atoms with van der Waals surface area (Å²) in [6, 6.07) is 0. The van der Waals surface area contributed by atoms with E-state index in [1.807, 2.05) is 0 Å².